The maximum Gasteiger partial charge on any atom is 0.324 e. The number of anilines is 1. The van der Waals surface area contributed by atoms with Crippen LogP contribution in [0.2, 0.25) is 0 Å². The monoisotopic (exact) mass is 358 g/mol. The van der Waals surface area contributed by atoms with E-state index in [1.807, 2.05) is 36.5 Å². The van der Waals surface area contributed by atoms with Gasteiger partial charge < -0.3 is 10.2 Å². The minimum absolute atomic E-state index is 0.0383. The molecule has 0 aliphatic carbocycles. The fourth-order valence-corrected chi connectivity index (χ4v) is 3.84. The van der Waals surface area contributed by atoms with Crippen LogP contribution in [0.15, 0.2) is 36.5 Å². The summed E-state index contributed by atoms with van der Waals surface area (Å²) in [6, 6.07) is 9.17. The Balaban J connectivity index is 1.78. The summed E-state index contributed by atoms with van der Waals surface area (Å²) in [6.07, 6.45) is 4.08. The molecule has 1 aliphatic heterocycles. The lowest BCUT2D eigenvalue weighted by Gasteiger charge is -2.29. The molecule has 132 valence electrons. The maximum absolute atomic E-state index is 12.8. The Labute approximate surface area is 151 Å². The van der Waals surface area contributed by atoms with Crippen molar-refractivity contribution >= 4 is 28.4 Å². The fourth-order valence-electron chi connectivity index (χ4n) is 2.94. The number of rotatable bonds is 4. The van der Waals surface area contributed by atoms with E-state index in [1.54, 1.807) is 4.90 Å². The van der Waals surface area contributed by atoms with E-state index < -0.39 is 0 Å². The van der Waals surface area contributed by atoms with E-state index in [0.717, 1.165) is 23.3 Å². The molecular weight excluding hydrogens is 336 g/mol. The highest BCUT2D eigenvalue weighted by Gasteiger charge is 2.30. The molecule has 1 unspecified atom stereocenters. The Hall–Kier alpha value is -2.41. The lowest BCUT2D eigenvalue weighted by Crippen LogP contribution is -2.39. The first-order valence-electron chi connectivity index (χ1n) is 8.51. The van der Waals surface area contributed by atoms with Crippen molar-refractivity contribution in [1.29, 1.82) is 0 Å². The normalized spacial score (nSPS) is 17.7. The van der Waals surface area contributed by atoms with Crippen LogP contribution in [-0.2, 0) is 11.2 Å². The highest BCUT2D eigenvalue weighted by molar-refractivity contribution is 7.15. The minimum atomic E-state index is -0.279. The zero-order valence-electron chi connectivity index (χ0n) is 14.2. The molecule has 2 heterocycles. The van der Waals surface area contributed by atoms with Gasteiger partial charge >= 0.3 is 6.03 Å². The van der Waals surface area contributed by atoms with Crippen LogP contribution >= 0.6 is 11.3 Å². The summed E-state index contributed by atoms with van der Waals surface area (Å²) < 4.78 is 0. The van der Waals surface area contributed by atoms with Crippen molar-refractivity contribution in [1.82, 2.24) is 15.2 Å². The van der Waals surface area contributed by atoms with Crippen molar-refractivity contribution in [2.75, 3.05) is 18.4 Å². The number of urea groups is 1. The van der Waals surface area contributed by atoms with Gasteiger partial charge in [0.25, 0.3) is 0 Å². The lowest BCUT2D eigenvalue weighted by atomic mass is 10.0. The highest BCUT2D eigenvalue weighted by atomic mass is 32.1. The van der Waals surface area contributed by atoms with Gasteiger partial charge in [-0.05, 0) is 12.0 Å². The Bertz CT molecular complexity index is 732. The molecule has 1 fully saturated rings. The number of nitrogens with zero attached hydrogens (tertiary/aromatic N) is 2. The molecule has 3 amide bonds. The number of thiazole rings is 1. The van der Waals surface area contributed by atoms with Gasteiger partial charge in [0.1, 0.15) is 0 Å². The van der Waals surface area contributed by atoms with E-state index in [4.69, 9.17) is 0 Å². The van der Waals surface area contributed by atoms with Gasteiger partial charge in [0, 0.05) is 24.2 Å². The summed E-state index contributed by atoms with van der Waals surface area (Å²) in [5.41, 5.74) is 0.959. The first-order chi connectivity index (χ1) is 12.2. The largest absolute Gasteiger partial charge is 0.354 e. The zero-order valence-corrected chi connectivity index (χ0v) is 15.0. The summed E-state index contributed by atoms with van der Waals surface area (Å²) in [5.74, 6) is -0.0383. The second kappa shape index (κ2) is 8.11. The second-order valence-corrected chi connectivity index (χ2v) is 7.10. The van der Waals surface area contributed by atoms with Crippen molar-refractivity contribution in [3.05, 3.63) is 47.0 Å². The molecule has 1 aromatic heterocycles. The number of hydrogen-bond donors (Lipinski definition) is 2. The van der Waals surface area contributed by atoms with Crippen LogP contribution < -0.4 is 10.6 Å². The first kappa shape index (κ1) is 17.4. The molecule has 2 N–H and O–H groups in total. The number of nitrogens with one attached hydrogen (secondary N) is 2. The summed E-state index contributed by atoms with van der Waals surface area (Å²) in [7, 11) is 0. The molecule has 3 rings (SSSR count). The van der Waals surface area contributed by atoms with Crippen molar-refractivity contribution in [2.45, 2.75) is 32.2 Å². The summed E-state index contributed by atoms with van der Waals surface area (Å²) >= 11 is 1.50. The van der Waals surface area contributed by atoms with Crippen LogP contribution in [0.3, 0.4) is 0 Å². The van der Waals surface area contributed by atoms with Crippen LogP contribution in [0.1, 0.15) is 36.2 Å². The van der Waals surface area contributed by atoms with Gasteiger partial charge in [-0.1, -0.05) is 43.7 Å². The van der Waals surface area contributed by atoms with E-state index in [9.17, 15) is 9.59 Å². The van der Waals surface area contributed by atoms with E-state index >= 15 is 0 Å². The van der Waals surface area contributed by atoms with Crippen molar-refractivity contribution in [3.8, 4) is 0 Å². The first-order valence-corrected chi connectivity index (χ1v) is 9.33. The Kier molecular flexibility index (Phi) is 5.65. The highest BCUT2D eigenvalue weighted by Crippen LogP contribution is 2.27. The van der Waals surface area contributed by atoms with Crippen LogP contribution in [0.4, 0.5) is 9.93 Å². The molecule has 1 atom stereocenters. The molecule has 1 aromatic carbocycles. The van der Waals surface area contributed by atoms with Crippen molar-refractivity contribution < 1.29 is 9.59 Å². The summed E-state index contributed by atoms with van der Waals surface area (Å²) in [6.45, 7) is 3.03. The number of aromatic nitrogens is 1. The molecular formula is C18H22N4O2S. The van der Waals surface area contributed by atoms with Crippen molar-refractivity contribution in [2.24, 2.45) is 0 Å². The Morgan fingerprint density at radius 3 is 2.96 bits per heavy atom. The van der Waals surface area contributed by atoms with E-state index in [2.05, 4.69) is 22.5 Å². The number of amides is 3. The average molecular weight is 358 g/mol. The molecule has 0 bridgehead atoms. The van der Waals surface area contributed by atoms with Crippen molar-refractivity contribution in [3.63, 3.8) is 0 Å². The molecule has 0 radical (unpaired) electrons. The minimum Gasteiger partial charge on any atom is -0.354 e. The smallest absolute Gasteiger partial charge is 0.324 e. The second-order valence-electron chi connectivity index (χ2n) is 5.99. The van der Waals surface area contributed by atoms with Gasteiger partial charge in [0.05, 0.1) is 12.5 Å². The predicted molar refractivity (Wildman–Crippen MR) is 98.6 cm³/mol. The molecule has 0 spiro atoms. The quantitative estimate of drug-likeness (QED) is 0.881. The molecule has 25 heavy (non-hydrogen) atoms. The van der Waals surface area contributed by atoms with Gasteiger partial charge in [-0.3, -0.25) is 10.1 Å². The molecule has 0 saturated carbocycles. The van der Waals surface area contributed by atoms with Crippen LogP contribution in [0.25, 0.3) is 0 Å². The molecule has 1 aliphatic rings. The summed E-state index contributed by atoms with van der Waals surface area (Å²) in [5, 5.41) is 6.33. The molecule has 1 saturated heterocycles. The van der Waals surface area contributed by atoms with E-state index in [0.29, 0.717) is 18.2 Å². The molecule has 6 nitrogen and oxygen atoms in total. The van der Waals surface area contributed by atoms with Gasteiger partial charge in [-0.15, -0.1) is 11.3 Å². The van der Waals surface area contributed by atoms with Crippen LogP contribution in [0.5, 0.6) is 0 Å². The molecule has 7 heteroatoms. The average Bonchev–Trinajstić information content (AvgIpc) is 2.95. The van der Waals surface area contributed by atoms with Crippen LogP contribution in [-0.4, -0.2) is 34.9 Å². The third-order valence-corrected chi connectivity index (χ3v) is 5.11. The van der Waals surface area contributed by atoms with Gasteiger partial charge in [0.15, 0.2) is 5.13 Å². The molecule has 2 aromatic rings. The predicted octanol–water partition coefficient (Wildman–Crippen LogP) is 3.19. The topological polar surface area (TPSA) is 74.3 Å². The number of carbonyl (C=O) groups is 2. The zero-order chi connectivity index (χ0) is 17.6. The van der Waals surface area contributed by atoms with Crippen LogP contribution in [0, 0.1) is 0 Å². The van der Waals surface area contributed by atoms with E-state index in [-0.39, 0.29) is 24.4 Å². The maximum atomic E-state index is 12.8. The van der Waals surface area contributed by atoms with Gasteiger partial charge in [0.2, 0.25) is 5.91 Å². The summed E-state index contributed by atoms with van der Waals surface area (Å²) in [4.78, 5) is 32.0. The SMILES string of the molecule is CCCc1cnc(NC(=O)N2CCNC(=O)CC2c2ccccc2)s1. The fraction of sp³-hybridized carbons (Fsp3) is 0.389. The standard InChI is InChI=1S/C18H22N4O2S/c1-2-6-14-12-20-17(25-14)21-18(24)22-10-9-19-16(23)11-15(22)13-7-4-3-5-8-13/h3-5,7-8,12,15H,2,6,9-11H2,1H3,(H,19,23)(H,20,21,24). The van der Waals surface area contributed by atoms with Gasteiger partial charge in [-0.25, -0.2) is 9.78 Å². The lowest BCUT2D eigenvalue weighted by molar-refractivity contribution is -0.121. The number of hydrogen-bond acceptors (Lipinski definition) is 4. The third-order valence-electron chi connectivity index (χ3n) is 4.14. The number of benzene rings is 1. The van der Waals surface area contributed by atoms with Gasteiger partial charge in [-0.2, -0.15) is 0 Å². The number of aryl methyl sites for hydroxylation is 1. The van der Waals surface area contributed by atoms with E-state index in [1.165, 1.54) is 11.3 Å². The number of carbonyl (C=O) groups excluding carboxylic acids is 2. The third kappa shape index (κ3) is 4.36. The Morgan fingerprint density at radius 2 is 2.20 bits per heavy atom. The Morgan fingerprint density at radius 1 is 1.40 bits per heavy atom.